The predicted molar refractivity (Wildman–Crippen MR) is 69.0 cm³/mol. The van der Waals surface area contributed by atoms with E-state index in [-0.39, 0.29) is 0 Å². The molecule has 0 fully saturated rings. The lowest BCUT2D eigenvalue weighted by atomic mass is 10.4. The van der Waals surface area contributed by atoms with Gasteiger partial charge in [-0.05, 0) is 10.7 Å². The van der Waals surface area contributed by atoms with Crippen LogP contribution < -0.4 is 0 Å². The van der Waals surface area contributed by atoms with Crippen LogP contribution in [0.2, 0.25) is 0 Å². The Morgan fingerprint density at radius 3 is 0.875 bits per heavy atom. The minimum absolute atomic E-state index is 1.36. The van der Waals surface area contributed by atoms with Crippen molar-refractivity contribution in [1.29, 1.82) is 0 Å². The average molecular weight is 308 g/mol. The summed E-state index contributed by atoms with van der Waals surface area (Å²) < 4.78 is 0. The summed E-state index contributed by atoms with van der Waals surface area (Å²) in [7, 11) is 4.33. The Bertz CT molecular complexity index is 212. The maximum atomic E-state index is 8.77. The third kappa shape index (κ3) is 70.8. The fourth-order valence-electron chi connectivity index (χ4n) is 0.385. The van der Waals surface area contributed by atoms with Gasteiger partial charge in [0.15, 0.2) is 0 Å². The number of carboxylic acid groups (broad SMARTS) is 2. The first-order valence-electron chi connectivity index (χ1n) is 3.40. The van der Waals surface area contributed by atoms with Crippen LogP contribution in [0.15, 0.2) is 36.4 Å². The minimum atomic E-state index is -1.36. The van der Waals surface area contributed by atoms with Gasteiger partial charge in [-0.15, -0.1) is 0 Å². The first kappa shape index (κ1) is 20.8. The SMILES string of the molecule is O=C(O)Cl.O=C(O)Cl.SCl.c1ccccc1. The highest BCUT2D eigenvalue weighted by Crippen LogP contribution is 1.79. The highest BCUT2D eigenvalue weighted by Gasteiger charge is 1.71. The molecule has 1 rings (SSSR count). The quantitative estimate of drug-likeness (QED) is 0.485. The topological polar surface area (TPSA) is 74.6 Å². The number of hydrogen-bond donors (Lipinski definition) is 3. The van der Waals surface area contributed by atoms with Gasteiger partial charge in [0.05, 0.1) is 0 Å². The molecule has 1 aromatic carbocycles. The second-order valence-electron chi connectivity index (χ2n) is 1.66. The summed E-state index contributed by atoms with van der Waals surface area (Å²) in [5, 5.41) is 14.4. The van der Waals surface area contributed by atoms with Gasteiger partial charge in [-0.3, -0.25) is 0 Å². The highest BCUT2D eigenvalue weighted by atomic mass is 35.7. The molecule has 0 heterocycles. The van der Waals surface area contributed by atoms with E-state index in [4.69, 9.17) is 19.8 Å². The highest BCUT2D eigenvalue weighted by molar-refractivity contribution is 8.05. The zero-order chi connectivity index (χ0) is 13.4. The van der Waals surface area contributed by atoms with E-state index in [1.807, 2.05) is 36.4 Å². The Balaban J connectivity index is -0.000000152. The van der Waals surface area contributed by atoms with Gasteiger partial charge in [-0.2, -0.15) is 0 Å². The molecular weight excluding hydrogens is 299 g/mol. The zero-order valence-corrected chi connectivity index (χ0v) is 10.9. The molecular formula is C8H9Cl3O4S. The minimum Gasteiger partial charge on any atom is -0.469 e. The van der Waals surface area contributed by atoms with Crippen LogP contribution in [0.3, 0.4) is 0 Å². The van der Waals surface area contributed by atoms with Gasteiger partial charge in [0.2, 0.25) is 0 Å². The maximum absolute atomic E-state index is 8.77. The Morgan fingerprint density at radius 2 is 0.812 bits per heavy atom. The number of carbonyl (C=O) groups is 2. The van der Waals surface area contributed by atoms with Crippen molar-refractivity contribution >= 4 is 56.6 Å². The summed E-state index contributed by atoms with van der Waals surface area (Å²) in [5.41, 5.74) is -2.72. The molecule has 8 heteroatoms. The van der Waals surface area contributed by atoms with Crippen molar-refractivity contribution in [3.8, 4) is 0 Å². The van der Waals surface area contributed by atoms with E-state index in [1.54, 1.807) is 0 Å². The second kappa shape index (κ2) is 19.9. The van der Waals surface area contributed by atoms with E-state index < -0.39 is 10.9 Å². The molecule has 0 saturated carbocycles. The summed E-state index contributed by atoms with van der Waals surface area (Å²) in [6, 6.07) is 12.0. The van der Waals surface area contributed by atoms with Gasteiger partial charge >= 0.3 is 10.9 Å². The molecule has 0 amide bonds. The van der Waals surface area contributed by atoms with Crippen LogP contribution in [0.5, 0.6) is 0 Å². The largest absolute Gasteiger partial charge is 0.469 e. The summed E-state index contributed by atoms with van der Waals surface area (Å²) in [6.07, 6.45) is 0. The van der Waals surface area contributed by atoms with Crippen LogP contribution in [0.4, 0.5) is 9.59 Å². The molecule has 0 unspecified atom stereocenters. The van der Waals surface area contributed by atoms with Gasteiger partial charge in [-0.1, -0.05) is 48.2 Å². The van der Waals surface area contributed by atoms with E-state index in [0.29, 0.717) is 0 Å². The van der Waals surface area contributed by atoms with Gasteiger partial charge in [-0.25, -0.2) is 9.59 Å². The smallest absolute Gasteiger partial charge is 0.401 e. The molecule has 16 heavy (non-hydrogen) atoms. The van der Waals surface area contributed by atoms with Gasteiger partial charge in [0.25, 0.3) is 0 Å². The van der Waals surface area contributed by atoms with Crippen molar-refractivity contribution in [2.45, 2.75) is 0 Å². The number of hydrogen-bond acceptors (Lipinski definition) is 3. The van der Waals surface area contributed by atoms with E-state index in [1.165, 1.54) is 0 Å². The van der Waals surface area contributed by atoms with Crippen molar-refractivity contribution in [1.82, 2.24) is 0 Å². The van der Waals surface area contributed by atoms with E-state index in [9.17, 15) is 0 Å². The summed E-state index contributed by atoms with van der Waals surface area (Å²) in [5.74, 6) is 0. The van der Waals surface area contributed by atoms with E-state index >= 15 is 0 Å². The predicted octanol–water partition coefficient (Wildman–Crippen LogP) is 4.56. The Labute approximate surface area is 113 Å². The molecule has 0 radical (unpaired) electrons. The van der Waals surface area contributed by atoms with Crippen LogP contribution in [0, 0.1) is 0 Å². The molecule has 0 aliphatic carbocycles. The molecule has 0 aliphatic heterocycles. The summed E-state index contributed by atoms with van der Waals surface area (Å²) in [4.78, 5) is 17.5. The van der Waals surface area contributed by atoms with Gasteiger partial charge < -0.3 is 10.2 Å². The molecule has 0 aliphatic rings. The van der Waals surface area contributed by atoms with E-state index in [2.05, 4.69) is 45.7 Å². The van der Waals surface area contributed by atoms with Crippen LogP contribution in [-0.2, 0) is 0 Å². The van der Waals surface area contributed by atoms with Crippen LogP contribution in [-0.4, -0.2) is 21.1 Å². The van der Waals surface area contributed by atoms with Crippen LogP contribution >= 0.6 is 45.7 Å². The Hall–Kier alpha value is -0.620. The number of halogens is 3. The summed E-state index contributed by atoms with van der Waals surface area (Å²) in [6.45, 7) is 0. The van der Waals surface area contributed by atoms with Crippen molar-refractivity contribution < 1.29 is 19.8 Å². The normalized spacial score (nSPS) is 6.50. The zero-order valence-electron chi connectivity index (χ0n) is 7.76. The molecule has 0 spiro atoms. The number of rotatable bonds is 0. The maximum Gasteiger partial charge on any atom is 0.401 e. The lowest BCUT2D eigenvalue weighted by Gasteiger charge is -1.69. The number of thiol groups is 1. The molecule has 0 atom stereocenters. The van der Waals surface area contributed by atoms with E-state index in [0.717, 1.165) is 0 Å². The molecule has 92 valence electrons. The number of benzene rings is 1. The van der Waals surface area contributed by atoms with Crippen molar-refractivity contribution in [3.63, 3.8) is 0 Å². The van der Waals surface area contributed by atoms with Crippen molar-refractivity contribution in [2.75, 3.05) is 0 Å². The summed E-state index contributed by atoms with van der Waals surface area (Å²) >= 11 is 11.4. The molecule has 1 aromatic rings. The first-order valence-corrected chi connectivity index (χ1v) is 5.51. The van der Waals surface area contributed by atoms with Crippen LogP contribution in [0.25, 0.3) is 0 Å². The molecule has 4 nitrogen and oxygen atoms in total. The first-order chi connectivity index (χ1) is 7.46. The lowest BCUT2D eigenvalue weighted by Crippen LogP contribution is -1.66. The van der Waals surface area contributed by atoms with Crippen LogP contribution in [0.1, 0.15) is 0 Å². The molecule has 0 bridgehead atoms. The molecule has 0 saturated heterocycles. The Morgan fingerprint density at radius 1 is 0.750 bits per heavy atom. The molecule has 2 N–H and O–H groups in total. The average Bonchev–Trinajstić information content (AvgIpc) is 2.22. The standard InChI is InChI=1S/C6H6.2CHClO2.ClHS/c1-2-4-6-5-3-1;2*2-1(3)4;1-2/h1-6H;2*(H,3,4);2H. The van der Waals surface area contributed by atoms with Crippen molar-refractivity contribution in [2.24, 2.45) is 0 Å². The lowest BCUT2D eigenvalue weighted by molar-refractivity contribution is 0.219. The monoisotopic (exact) mass is 306 g/mol. The molecule has 0 aromatic heterocycles. The second-order valence-corrected chi connectivity index (χ2v) is 2.31. The van der Waals surface area contributed by atoms with Gasteiger partial charge in [0.1, 0.15) is 0 Å². The fraction of sp³-hybridized carbons (Fsp3) is 0. The van der Waals surface area contributed by atoms with Crippen molar-refractivity contribution in [3.05, 3.63) is 36.4 Å². The fourth-order valence-corrected chi connectivity index (χ4v) is 0.385. The third-order valence-corrected chi connectivity index (χ3v) is 0.667. The Kier molecular flexibility index (Phi) is 25.8. The third-order valence-electron chi connectivity index (χ3n) is 0.667. The van der Waals surface area contributed by atoms with Gasteiger partial charge in [0, 0.05) is 23.2 Å².